The van der Waals surface area contributed by atoms with Crippen molar-refractivity contribution < 1.29 is 8.78 Å². The molecule has 0 aromatic rings. The Morgan fingerprint density at radius 2 is 2.21 bits per heavy atom. The topological polar surface area (TPSA) is 15.3 Å². The summed E-state index contributed by atoms with van der Waals surface area (Å²) in [4.78, 5) is 1.89. The average molecular weight is 204 g/mol. The van der Waals surface area contributed by atoms with Crippen LogP contribution in [0.5, 0.6) is 0 Å². The number of rotatable bonds is 3. The van der Waals surface area contributed by atoms with Crippen LogP contribution in [0.15, 0.2) is 0 Å². The maximum atomic E-state index is 12.2. The summed E-state index contributed by atoms with van der Waals surface area (Å²) < 4.78 is 24.5. The van der Waals surface area contributed by atoms with Crippen molar-refractivity contribution in [3.05, 3.63) is 0 Å². The molecule has 0 bridgehead atoms. The third-order valence-electron chi connectivity index (χ3n) is 3.38. The van der Waals surface area contributed by atoms with Gasteiger partial charge in [-0.25, -0.2) is 8.78 Å². The van der Waals surface area contributed by atoms with Crippen LogP contribution in [0, 0.1) is 5.92 Å². The maximum Gasteiger partial charge on any atom is 0.251 e. The van der Waals surface area contributed by atoms with Gasteiger partial charge in [0, 0.05) is 25.2 Å². The van der Waals surface area contributed by atoms with Crippen molar-refractivity contribution in [2.45, 2.75) is 31.7 Å². The van der Waals surface area contributed by atoms with E-state index in [-0.39, 0.29) is 12.1 Å². The Morgan fingerprint density at radius 3 is 2.79 bits per heavy atom. The number of hydrogen-bond donors (Lipinski definition) is 1. The van der Waals surface area contributed by atoms with Crippen molar-refractivity contribution in [3.8, 4) is 0 Å². The zero-order valence-electron chi connectivity index (χ0n) is 8.60. The maximum absolute atomic E-state index is 12.2. The van der Waals surface area contributed by atoms with Crippen molar-refractivity contribution in [1.29, 1.82) is 0 Å². The van der Waals surface area contributed by atoms with Crippen molar-refractivity contribution in [2.24, 2.45) is 5.92 Å². The predicted molar refractivity (Wildman–Crippen MR) is 51.6 cm³/mol. The second-order valence-corrected chi connectivity index (χ2v) is 4.74. The number of alkyl halides is 2. The van der Waals surface area contributed by atoms with Gasteiger partial charge < -0.3 is 5.32 Å². The Labute approximate surface area is 83.7 Å². The van der Waals surface area contributed by atoms with Gasteiger partial charge in [-0.2, -0.15) is 0 Å². The van der Waals surface area contributed by atoms with Crippen molar-refractivity contribution in [1.82, 2.24) is 10.2 Å². The molecule has 2 nitrogen and oxygen atoms in total. The van der Waals surface area contributed by atoms with Crippen molar-refractivity contribution in [3.63, 3.8) is 0 Å². The van der Waals surface area contributed by atoms with E-state index in [1.807, 2.05) is 4.90 Å². The summed E-state index contributed by atoms with van der Waals surface area (Å²) in [6.07, 6.45) is 0.314. The van der Waals surface area contributed by atoms with E-state index < -0.39 is 6.43 Å². The Bertz CT molecular complexity index is 206. The van der Waals surface area contributed by atoms with Crippen LogP contribution >= 0.6 is 0 Å². The molecule has 2 fully saturated rings. The SMILES string of the molecule is CC1(C2CC2)CN(CC(F)F)CCN1. The van der Waals surface area contributed by atoms with Gasteiger partial charge in [-0.05, 0) is 25.7 Å². The lowest BCUT2D eigenvalue weighted by Crippen LogP contribution is -2.60. The highest BCUT2D eigenvalue weighted by Gasteiger charge is 2.43. The van der Waals surface area contributed by atoms with Gasteiger partial charge in [-0.1, -0.05) is 0 Å². The summed E-state index contributed by atoms with van der Waals surface area (Å²) in [6.45, 7) is 4.49. The first-order valence-electron chi connectivity index (χ1n) is 5.36. The molecule has 0 spiro atoms. The van der Waals surface area contributed by atoms with E-state index in [1.54, 1.807) is 0 Å². The van der Waals surface area contributed by atoms with E-state index in [4.69, 9.17) is 0 Å². The third kappa shape index (κ3) is 2.23. The first-order chi connectivity index (χ1) is 6.60. The Morgan fingerprint density at radius 1 is 1.50 bits per heavy atom. The molecule has 82 valence electrons. The lowest BCUT2D eigenvalue weighted by Gasteiger charge is -2.41. The zero-order chi connectivity index (χ0) is 10.2. The fraction of sp³-hybridized carbons (Fsp3) is 1.00. The standard InChI is InChI=1S/C10H18F2N2/c1-10(8-2-3-8)7-14(5-4-13-10)6-9(11)12/h8-9,13H,2-7H2,1H3. The van der Waals surface area contributed by atoms with E-state index >= 15 is 0 Å². The molecule has 14 heavy (non-hydrogen) atoms. The third-order valence-corrected chi connectivity index (χ3v) is 3.38. The molecule has 1 heterocycles. The van der Waals surface area contributed by atoms with Crippen LogP contribution in [0.1, 0.15) is 19.8 Å². The molecule has 1 saturated heterocycles. The smallest absolute Gasteiger partial charge is 0.251 e. The molecule has 2 aliphatic rings. The largest absolute Gasteiger partial charge is 0.309 e. The number of nitrogens with zero attached hydrogens (tertiary/aromatic N) is 1. The van der Waals surface area contributed by atoms with Gasteiger partial charge in [0.25, 0.3) is 6.43 Å². The van der Waals surface area contributed by atoms with Crippen LogP contribution in [0.2, 0.25) is 0 Å². The summed E-state index contributed by atoms with van der Waals surface area (Å²) in [5.74, 6) is 0.711. The van der Waals surface area contributed by atoms with Crippen LogP contribution in [0.4, 0.5) is 8.78 Å². The lowest BCUT2D eigenvalue weighted by molar-refractivity contribution is 0.0509. The Hall–Kier alpha value is -0.220. The van der Waals surface area contributed by atoms with Gasteiger partial charge in [-0.3, -0.25) is 4.90 Å². The monoisotopic (exact) mass is 204 g/mol. The highest BCUT2D eigenvalue weighted by atomic mass is 19.3. The number of piperazine rings is 1. The summed E-state index contributed by atoms with van der Waals surface area (Å²) in [7, 11) is 0. The molecule has 0 amide bonds. The van der Waals surface area contributed by atoms with Gasteiger partial charge in [-0.15, -0.1) is 0 Å². The minimum atomic E-state index is -2.20. The lowest BCUT2D eigenvalue weighted by atomic mass is 9.93. The van der Waals surface area contributed by atoms with Crippen LogP contribution in [-0.2, 0) is 0 Å². The fourth-order valence-corrected chi connectivity index (χ4v) is 2.44. The normalized spacial score (nSPS) is 35.1. The van der Waals surface area contributed by atoms with Crippen LogP contribution in [0.25, 0.3) is 0 Å². The molecule has 1 aliphatic heterocycles. The second-order valence-electron chi connectivity index (χ2n) is 4.74. The number of halogens is 2. The van der Waals surface area contributed by atoms with E-state index in [0.29, 0.717) is 5.92 Å². The molecule has 4 heteroatoms. The molecule has 0 radical (unpaired) electrons. The van der Waals surface area contributed by atoms with E-state index in [1.165, 1.54) is 12.8 Å². The number of nitrogens with one attached hydrogen (secondary N) is 1. The van der Waals surface area contributed by atoms with Crippen molar-refractivity contribution >= 4 is 0 Å². The highest BCUT2D eigenvalue weighted by Crippen LogP contribution is 2.40. The first-order valence-corrected chi connectivity index (χ1v) is 5.36. The van der Waals surface area contributed by atoms with E-state index in [0.717, 1.165) is 19.6 Å². The number of hydrogen-bond acceptors (Lipinski definition) is 2. The van der Waals surface area contributed by atoms with E-state index in [9.17, 15) is 8.78 Å². The average Bonchev–Trinajstić information content (AvgIpc) is 2.84. The molecule has 0 aromatic heterocycles. The van der Waals surface area contributed by atoms with Crippen LogP contribution < -0.4 is 5.32 Å². The summed E-state index contributed by atoms with van der Waals surface area (Å²) in [5, 5.41) is 3.47. The molecular formula is C10H18F2N2. The quantitative estimate of drug-likeness (QED) is 0.746. The van der Waals surface area contributed by atoms with Gasteiger partial charge in [0.15, 0.2) is 0 Å². The zero-order valence-corrected chi connectivity index (χ0v) is 8.60. The van der Waals surface area contributed by atoms with Gasteiger partial charge in [0.1, 0.15) is 0 Å². The molecule has 1 saturated carbocycles. The summed E-state index contributed by atoms with van der Waals surface area (Å²) in [5.41, 5.74) is 0.0904. The second kappa shape index (κ2) is 3.74. The minimum absolute atomic E-state index is 0.0655. The summed E-state index contributed by atoms with van der Waals surface area (Å²) >= 11 is 0. The summed E-state index contributed by atoms with van der Waals surface area (Å²) in [6, 6.07) is 0. The molecule has 1 N–H and O–H groups in total. The Balaban J connectivity index is 1.89. The van der Waals surface area contributed by atoms with Crippen LogP contribution in [0.3, 0.4) is 0 Å². The highest BCUT2D eigenvalue weighted by molar-refractivity contribution is 5.01. The Kier molecular flexibility index (Phi) is 2.75. The molecule has 1 aliphatic carbocycles. The molecule has 1 unspecified atom stereocenters. The molecule has 0 aromatic carbocycles. The van der Waals surface area contributed by atoms with Gasteiger partial charge in [0.2, 0.25) is 0 Å². The van der Waals surface area contributed by atoms with E-state index in [2.05, 4.69) is 12.2 Å². The fourth-order valence-electron chi connectivity index (χ4n) is 2.44. The van der Waals surface area contributed by atoms with Crippen LogP contribution in [-0.4, -0.2) is 43.0 Å². The predicted octanol–water partition coefficient (Wildman–Crippen LogP) is 1.33. The molecule has 2 rings (SSSR count). The molecular weight excluding hydrogens is 186 g/mol. The molecule has 1 atom stereocenters. The van der Waals surface area contributed by atoms with Gasteiger partial charge in [0.05, 0.1) is 6.54 Å². The van der Waals surface area contributed by atoms with Crippen molar-refractivity contribution in [2.75, 3.05) is 26.2 Å². The van der Waals surface area contributed by atoms with Gasteiger partial charge >= 0.3 is 0 Å². The minimum Gasteiger partial charge on any atom is -0.309 e. The first kappa shape index (κ1) is 10.3.